The summed E-state index contributed by atoms with van der Waals surface area (Å²) in [5.41, 5.74) is 2.60. The van der Waals surface area contributed by atoms with E-state index in [0.29, 0.717) is 17.1 Å². The van der Waals surface area contributed by atoms with E-state index in [9.17, 15) is 4.79 Å². The van der Waals surface area contributed by atoms with Crippen molar-refractivity contribution in [2.45, 2.75) is 13.8 Å². The molecular formula is C17H16O4. The Morgan fingerprint density at radius 1 is 1.10 bits per heavy atom. The minimum absolute atomic E-state index is 0.00529. The number of ketones is 1. The van der Waals surface area contributed by atoms with Crippen LogP contribution in [0, 0.1) is 13.8 Å². The highest BCUT2D eigenvalue weighted by molar-refractivity contribution is 5.97. The maximum Gasteiger partial charge on any atom is 0.231 e. The van der Waals surface area contributed by atoms with Gasteiger partial charge >= 0.3 is 0 Å². The topological polar surface area (TPSA) is 44.8 Å². The molecule has 2 aromatic carbocycles. The molecule has 0 saturated heterocycles. The monoisotopic (exact) mass is 284 g/mol. The highest BCUT2D eigenvalue weighted by Crippen LogP contribution is 2.32. The number of ether oxygens (including phenoxy) is 3. The number of carbonyl (C=O) groups excluding carboxylic acids is 1. The largest absolute Gasteiger partial charge is 0.485 e. The summed E-state index contributed by atoms with van der Waals surface area (Å²) >= 11 is 0. The first kappa shape index (κ1) is 13.5. The Hall–Kier alpha value is -2.49. The second-order valence-electron chi connectivity index (χ2n) is 5.00. The molecule has 0 bridgehead atoms. The third-order valence-electron chi connectivity index (χ3n) is 3.45. The van der Waals surface area contributed by atoms with Crippen LogP contribution in [0.25, 0.3) is 0 Å². The lowest BCUT2D eigenvalue weighted by Gasteiger charge is -2.11. The van der Waals surface area contributed by atoms with Gasteiger partial charge in [0, 0.05) is 5.56 Å². The van der Waals surface area contributed by atoms with Gasteiger partial charge in [0.1, 0.15) is 5.75 Å². The highest BCUT2D eigenvalue weighted by atomic mass is 16.7. The molecule has 108 valence electrons. The number of carbonyl (C=O) groups is 1. The smallest absolute Gasteiger partial charge is 0.231 e. The Bertz CT molecular complexity index is 671. The molecule has 0 amide bonds. The fraction of sp³-hybridized carbons (Fsp3) is 0.235. The average molecular weight is 284 g/mol. The maximum absolute atomic E-state index is 12.2. The fourth-order valence-electron chi connectivity index (χ4n) is 2.32. The lowest BCUT2D eigenvalue weighted by Crippen LogP contribution is -2.12. The Morgan fingerprint density at radius 3 is 2.57 bits per heavy atom. The average Bonchev–Trinajstić information content (AvgIpc) is 2.93. The minimum Gasteiger partial charge on any atom is -0.485 e. The molecule has 21 heavy (non-hydrogen) atoms. The number of aryl methyl sites for hydroxylation is 2. The third-order valence-corrected chi connectivity index (χ3v) is 3.45. The van der Waals surface area contributed by atoms with Crippen molar-refractivity contribution in [2.75, 3.05) is 13.4 Å². The standard InChI is InChI=1S/C17H16O4/c1-11-4-3-5-12(2)17(11)19-9-14(18)13-6-7-15-16(8-13)21-10-20-15/h3-8H,9-10H2,1-2H3. The molecule has 3 rings (SSSR count). The SMILES string of the molecule is Cc1cccc(C)c1OCC(=O)c1ccc2c(c1)OCO2. The van der Waals surface area contributed by atoms with Crippen LogP contribution in [0.15, 0.2) is 36.4 Å². The van der Waals surface area contributed by atoms with E-state index in [1.165, 1.54) is 0 Å². The Kier molecular flexibility index (Phi) is 3.52. The molecule has 1 aliphatic rings. The van der Waals surface area contributed by atoms with Gasteiger partial charge in [0.05, 0.1) is 0 Å². The van der Waals surface area contributed by atoms with Gasteiger partial charge in [0.15, 0.2) is 23.9 Å². The van der Waals surface area contributed by atoms with Crippen molar-refractivity contribution in [3.8, 4) is 17.2 Å². The van der Waals surface area contributed by atoms with E-state index in [1.54, 1.807) is 18.2 Å². The summed E-state index contributed by atoms with van der Waals surface area (Å²) in [6, 6.07) is 11.1. The van der Waals surface area contributed by atoms with Crippen LogP contribution in [0.4, 0.5) is 0 Å². The number of para-hydroxylation sites is 1. The fourth-order valence-corrected chi connectivity index (χ4v) is 2.32. The molecule has 0 N–H and O–H groups in total. The van der Waals surface area contributed by atoms with Gasteiger partial charge in [-0.3, -0.25) is 4.79 Å². The van der Waals surface area contributed by atoms with Gasteiger partial charge < -0.3 is 14.2 Å². The van der Waals surface area contributed by atoms with E-state index in [-0.39, 0.29) is 19.2 Å². The molecule has 1 aliphatic heterocycles. The minimum atomic E-state index is -0.0871. The van der Waals surface area contributed by atoms with Gasteiger partial charge in [-0.1, -0.05) is 18.2 Å². The summed E-state index contributed by atoms with van der Waals surface area (Å²) < 4.78 is 16.2. The lowest BCUT2D eigenvalue weighted by molar-refractivity contribution is 0.0920. The van der Waals surface area contributed by atoms with Crippen molar-refractivity contribution in [3.05, 3.63) is 53.1 Å². The van der Waals surface area contributed by atoms with E-state index in [0.717, 1.165) is 16.9 Å². The number of hydrogen-bond donors (Lipinski definition) is 0. The van der Waals surface area contributed by atoms with Crippen LogP contribution in [-0.2, 0) is 0 Å². The van der Waals surface area contributed by atoms with Crippen molar-refractivity contribution in [3.63, 3.8) is 0 Å². The van der Waals surface area contributed by atoms with Crippen LogP contribution < -0.4 is 14.2 Å². The zero-order chi connectivity index (χ0) is 14.8. The number of rotatable bonds is 4. The summed E-state index contributed by atoms with van der Waals surface area (Å²) in [7, 11) is 0. The number of fused-ring (bicyclic) bond motifs is 1. The first-order chi connectivity index (χ1) is 10.1. The lowest BCUT2D eigenvalue weighted by atomic mass is 10.1. The first-order valence-electron chi connectivity index (χ1n) is 6.77. The van der Waals surface area contributed by atoms with Gasteiger partial charge in [-0.15, -0.1) is 0 Å². The molecule has 0 aromatic heterocycles. The van der Waals surface area contributed by atoms with Crippen molar-refractivity contribution >= 4 is 5.78 Å². The molecule has 1 heterocycles. The Balaban J connectivity index is 1.72. The summed E-state index contributed by atoms with van der Waals surface area (Å²) in [6.45, 7) is 4.14. The zero-order valence-electron chi connectivity index (χ0n) is 12.0. The second kappa shape index (κ2) is 5.48. The summed E-state index contributed by atoms with van der Waals surface area (Å²) in [4.78, 5) is 12.2. The predicted octanol–water partition coefficient (Wildman–Crippen LogP) is 3.29. The first-order valence-corrected chi connectivity index (χ1v) is 6.77. The Morgan fingerprint density at radius 2 is 1.81 bits per heavy atom. The van der Waals surface area contributed by atoms with E-state index >= 15 is 0 Å². The van der Waals surface area contributed by atoms with E-state index < -0.39 is 0 Å². The third kappa shape index (κ3) is 2.70. The quantitative estimate of drug-likeness (QED) is 0.808. The molecule has 0 spiro atoms. The maximum atomic E-state index is 12.2. The van der Waals surface area contributed by atoms with E-state index in [1.807, 2.05) is 32.0 Å². The van der Waals surface area contributed by atoms with Crippen LogP contribution in [0.5, 0.6) is 17.2 Å². The molecule has 2 aromatic rings. The van der Waals surface area contributed by atoms with Crippen LogP contribution in [-0.4, -0.2) is 19.2 Å². The Labute approximate surface area is 123 Å². The summed E-state index contributed by atoms with van der Waals surface area (Å²) in [6.07, 6.45) is 0. The van der Waals surface area contributed by atoms with Crippen molar-refractivity contribution in [1.29, 1.82) is 0 Å². The molecule has 0 aliphatic carbocycles. The molecule has 0 radical (unpaired) electrons. The number of Topliss-reactive ketones (excluding diaryl/α,β-unsaturated/α-hetero) is 1. The van der Waals surface area contributed by atoms with Gasteiger partial charge in [0.2, 0.25) is 6.79 Å². The summed E-state index contributed by atoms with van der Waals surface area (Å²) in [5, 5.41) is 0. The van der Waals surface area contributed by atoms with Crippen LogP contribution in [0.3, 0.4) is 0 Å². The molecule has 4 nitrogen and oxygen atoms in total. The highest BCUT2D eigenvalue weighted by Gasteiger charge is 2.17. The van der Waals surface area contributed by atoms with E-state index in [2.05, 4.69) is 0 Å². The van der Waals surface area contributed by atoms with Gasteiger partial charge in [-0.2, -0.15) is 0 Å². The van der Waals surface area contributed by atoms with Crippen molar-refractivity contribution < 1.29 is 19.0 Å². The van der Waals surface area contributed by atoms with Crippen LogP contribution in [0.1, 0.15) is 21.5 Å². The van der Waals surface area contributed by atoms with Gasteiger partial charge in [-0.25, -0.2) is 0 Å². The zero-order valence-corrected chi connectivity index (χ0v) is 12.0. The molecular weight excluding hydrogens is 268 g/mol. The molecule has 0 fully saturated rings. The predicted molar refractivity (Wildman–Crippen MR) is 78.3 cm³/mol. The normalized spacial score (nSPS) is 12.3. The summed E-state index contributed by atoms with van der Waals surface area (Å²) in [5.74, 6) is 1.96. The van der Waals surface area contributed by atoms with Crippen molar-refractivity contribution in [2.24, 2.45) is 0 Å². The van der Waals surface area contributed by atoms with Crippen LogP contribution >= 0.6 is 0 Å². The molecule has 0 atom stereocenters. The number of hydrogen-bond acceptors (Lipinski definition) is 4. The number of benzene rings is 2. The molecule has 0 saturated carbocycles. The van der Waals surface area contributed by atoms with Gasteiger partial charge in [-0.05, 0) is 43.2 Å². The molecule has 0 unspecified atom stereocenters. The van der Waals surface area contributed by atoms with E-state index in [4.69, 9.17) is 14.2 Å². The molecule has 4 heteroatoms. The van der Waals surface area contributed by atoms with Crippen LogP contribution in [0.2, 0.25) is 0 Å². The van der Waals surface area contributed by atoms with Gasteiger partial charge in [0.25, 0.3) is 0 Å². The van der Waals surface area contributed by atoms with Crippen molar-refractivity contribution in [1.82, 2.24) is 0 Å². The second-order valence-corrected chi connectivity index (χ2v) is 5.00.